The zero-order valence-electron chi connectivity index (χ0n) is 10.4. The molecule has 106 valence electrons. The Morgan fingerprint density at radius 2 is 2.05 bits per heavy atom. The summed E-state index contributed by atoms with van der Waals surface area (Å²) in [5, 5.41) is 1.10. The molecule has 1 aromatic heterocycles. The Labute approximate surface area is 118 Å². The van der Waals surface area contributed by atoms with E-state index in [-0.39, 0.29) is 5.75 Å². The van der Waals surface area contributed by atoms with E-state index < -0.39 is 12.8 Å². The van der Waals surface area contributed by atoms with Crippen LogP contribution < -0.4 is 4.74 Å². The van der Waals surface area contributed by atoms with Crippen LogP contribution in [0.1, 0.15) is 24.5 Å². The van der Waals surface area contributed by atoms with E-state index in [0.29, 0.717) is 21.8 Å². The third kappa shape index (κ3) is 2.82. The molecule has 0 saturated heterocycles. The van der Waals surface area contributed by atoms with Crippen LogP contribution in [0.2, 0.25) is 5.02 Å². The number of para-hydroxylation sites is 1. The first-order valence-electron chi connectivity index (χ1n) is 6.23. The fraction of sp³-hybridized carbons (Fsp3) is 0.357. The number of halogens is 4. The van der Waals surface area contributed by atoms with Gasteiger partial charge in [0, 0.05) is 17.0 Å². The van der Waals surface area contributed by atoms with Gasteiger partial charge in [-0.3, -0.25) is 0 Å². The van der Waals surface area contributed by atoms with Crippen molar-refractivity contribution in [2.75, 3.05) is 6.61 Å². The number of aromatic nitrogens is 1. The SMILES string of the molecule is FC(F)(F)COc1cccc2c(Cl)cc(C3CC3)nc12. The van der Waals surface area contributed by atoms with Crippen LogP contribution in [-0.4, -0.2) is 17.8 Å². The lowest BCUT2D eigenvalue weighted by Crippen LogP contribution is -2.19. The highest BCUT2D eigenvalue weighted by Gasteiger charge is 2.29. The molecule has 3 rings (SSSR count). The predicted octanol–water partition coefficient (Wildman–Crippen LogP) is 4.71. The van der Waals surface area contributed by atoms with Gasteiger partial charge in [0.2, 0.25) is 0 Å². The molecule has 1 aromatic carbocycles. The van der Waals surface area contributed by atoms with Gasteiger partial charge in [-0.2, -0.15) is 13.2 Å². The van der Waals surface area contributed by atoms with Crippen molar-refractivity contribution in [3.8, 4) is 5.75 Å². The van der Waals surface area contributed by atoms with Gasteiger partial charge in [-0.1, -0.05) is 23.7 Å². The summed E-state index contributed by atoms with van der Waals surface area (Å²) in [6, 6.07) is 6.60. The van der Waals surface area contributed by atoms with Crippen molar-refractivity contribution >= 4 is 22.5 Å². The molecule has 0 bridgehead atoms. The number of ether oxygens (including phenoxy) is 1. The van der Waals surface area contributed by atoms with Gasteiger partial charge in [0.1, 0.15) is 11.3 Å². The Kier molecular flexibility index (Phi) is 3.24. The monoisotopic (exact) mass is 301 g/mol. The maximum absolute atomic E-state index is 12.3. The number of hydrogen-bond acceptors (Lipinski definition) is 2. The number of fused-ring (bicyclic) bond motifs is 1. The molecule has 0 radical (unpaired) electrons. The van der Waals surface area contributed by atoms with Gasteiger partial charge in [-0.15, -0.1) is 0 Å². The number of alkyl halides is 3. The maximum atomic E-state index is 12.3. The van der Waals surface area contributed by atoms with E-state index in [0.717, 1.165) is 18.5 Å². The Balaban J connectivity index is 2.02. The van der Waals surface area contributed by atoms with Gasteiger partial charge < -0.3 is 4.74 Å². The number of rotatable bonds is 3. The Morgan fingerprint density at radius 3 is 2.70 bits per heavy atom. The second-order valence-corrected chi connectivity index (χ2v) is 5.27. The molecule has 1 fully saturated rings. The minimum atomic E-state index is -4.37. The van der Waals surface area contributed by atoms with Crippen molar-refractivity contribution < 1.29 is 17.9 Å². The molecule has 2 nitrogen and oxygen atoms in total. The predicted molar refractivity (Wildman–Crippen MR) is 70.3 cm³/mol. The van der Waals surface area contributed by atoms with Crippen LogP contribution in [0.5, 0.6) is 5.75 Å². The summed E-state index contributed by atoms with van der Waals surface area (Å²) >= 11 is 6.18. The molecule has 1 saturated carbocycles. The smallest absolute Gasteiger partial charge is 0.422 e. The van der Waals surface area contributed by atoms with E-state index in [2.05, 4.69) is 4.98 Å². The molecular formula is C14H11ClF3NO. The summed E-state index contributed by atoms with van der Waals surface area (Å²) < 4.78 is 41.6. The van der Waals surface area contributed by atoms with Crippen LogP contribution in [-0.2, 0) is 0 Å². The molecule has 0 aliphatic heterocycles. The molecule has 20 heavy (non-hydrogen) atoms. The lowest BCUT2D eigenvalue weighted by molar-refractivity contribution is -0.153. The molecule has 0 atom stereocenters. The normalized spacial score (nSPS) is 15.6. The van der Waals surface area contributed by atoms with E-state index in [9.17, 15) is 13.2 Å². The average molecular weight is 302 g/mol. The zero-order valence-corrected chi connectivity index (χ0v) is 11.1. The summed E-state index contributed by atoms with van der Waals surface area (Å²) in [6.07, 6.45) is -2.29. The topological polar surface area (TPSA) is 22.1 Å². The van der Waals surface area contributed by atoms with E-state index in [4.69, 9.17) is 16.3 Å². The van der Waals surface area contributed by atoms with Gasteiger partial charge in [-0.05, 0) is 25.0 Å². The summed E-state index contributed by atoms with van der Waals surface area (Å²) in [6.45, 7) is -1.33. The molecule has 1 heterocycles. The number of nitrogens with zero attached hydrogens (tertiary/aromatic N) is 1. The third-order valence-corrected chi connectivity index (χ3v) is 3.47. The minimum Gasteiger partial charge on any atom is -0.482 e. The second kappa shape index (κ2) is 4.81. The van der Waals surface area contributed by atoms with E-state index in [1.165, 1.54) is 6.07 Å². The van der Waals surface area contributed by atoms with Crippen LogP contribution >= 0.6 is 11.6 Å². The Morgan fingerprint density at radius 1 is 1.30 bits per heavy atom. The first kappa shape index (κ1) is 13.5. The highest BCUT2D eigenvalue weighted by molar-refractivity contribution is 6.35. The molecule has 0 N–H and O–H groups in total. The van der Waals surface area contributed by atoms with Crippen molar-refractivity contribution in [1.82, 2.24) is 4.98 Å². The van der Waals surface area contributed by atoms with Gasteiger partial charge in [0.25, 0.3) is 0 Å². The molecule has 1 aliphatic rings. The van der Waals surface area contributed by atoms with Crippen LogP contribution in [0.25, 0.3) is 10.9 Å². The first-order valence-corrected chi connectivity index (χ1v) is 6.60. The molecule has 0 spiro atoms. The summed E-state index contributed by atoms with van der Waals surface area (Å²) in [4.78, 5) is 4.42. The molecule has 0 amide bonds. The average Bonchev–Trinajstić information content (AvgIpc) is 3.19. The van der Waals surface area contributed by atoms with E-state index >= 15 is 0 Å². The van der Waals surface area contributed by atoms with Gasteiger partial charge >= 0.3 is 6.18 Å². The van der Waals surface area contributed by atoms with Crippen LogP contribution in [0.15, 0.2) is 24.3 Å². The quantitative estimate of drug-likeness (QED) is 0.819. The zero-order chi connectivity index (χ0) is 14.3. The first-order chi connectivity index (χ1) is 9.44. The highest BCUT2D eigenvalue weighted by atomic mass is 35.5. The summed E-state index contributed by atoms with van der Waals surface area (Å²) in [7, 11) is 0. The van der Waals surface area contributed by atoms with Crippen LogP contribution in [0, 0.1) is 0 Å². The summed E-state index contributed by atoms with van der Waals surface area (Å²) in [5.41, 5.74) is 1.22. The Hall–Kier alpha value is -1.49. The highest BCUT2D eigenvalue weighted by Crippen LogP contribution is 2.42. The maximum Gasteiger partial charge on any atom is 0.422 e. The lowest BCUT2D eigenvalue weighted by Gasteiger charge is -2.12. The standard InChI is InChI=1S/C14H11ClF3NO/c15-10-6-11(8-4-5-8)19-13-9(10)2-1-3-12(13)20-7-14(16,17)18/h1-3,6,8H,4-5,7H2. The molecule has 6 heteroatoms. The molecule has 0 unspecified atom stereocenters. The molecule has 2 aromatic rings. The van der Waals surface area contributed by atoms with Crippen molar-refractivity contribution in [2.45, 2.75) is 24.9 Å². The lowest BCUT2D eigenvalue weighted by atomic mass is 10.1. The number of benzene rings is 1. The largest absolute Gasteiger partial charge is 0.482 e. The fourth-order valence-electron chi connectivity index (χ4n) is 2.06. The van der Waals surface area contributed by atoms with Crippen molar-refractivity contribution in [3.05, 3.63) is 35.0 Å². The Bertz CT molecular complexity index is 653. The van der Waals surface area contributed by atoms with Gasteiger partial charge in [0.05, 0.1) is 5.02 Å². The van der Waals surface area contributed by atoms with Gasteiger partial charge in [0.15, 0.2) is 6.61 Å². The van der Waals surface area contributed by atoms with Crippen molar-refractivity contribution in [1.29, 1.82) is 0 Å². The molecule has 1 aliphatic carbocycles. The van der Waals surface area contributed by atoms with Crippen LogP contribution in [0.3, 0.4) is 0 Å². The second-order valence-electron chi connectivity index (χ2n) is 4.86. The third-order valence-electron chi connectivity index (χ3n) is 3.16. The van der Waals surface area contributed by atoms with E-state index in [1.807, 2.05) is 0 Å². The minimum absolute atomic E-state index is 0.115. The fourth-order valence-corrected chi connectivity index (χ4v) is 2.33. The van der Waals surface area contributed by atoms with Crippen LogP contribution in [0.4, 0.5) is 13.2 Å². The van der Waals surface area contributed by atoms with Crippen molar-refractivity contribution in [2.24, 2.45) is 0 Å². The number of pyridine rings is 1. The van der Waals surface area contributed by atoms with E-state index in [1.54, 1.807) is 18.2 Å². The van der Waals surface area contributed by atoms with Crippen molar-refractivity contribution in [3.63, 3.8) is 0 Å². The number of hydrogen-bond donors (Lipinski definition) is 0. The van der Waals surface area contributed by atoms with Gasteiger partial charge in [-0.25, -0.2) is 4.98 Å². The molecular weight excluding hydrogens is 291 g/mol. The summed E-state index contributed by atoms with van der Waals surface area (Å²) in [5.74, 6) is 0.483.